The lowest BCUT2D eigenvalue weighted by Gasteiger charge is -2.14. The molecule has 0 saturated carbocycles. The first-order valence-electron chi connectivity index (χ1n) is 5.55. The molecule has 0 heterocycles. The third kappa shape index (κ3) is 5.50. The first kappa shape index (κ1) is 15.1. The van der Waals surface area contributed by atoms with Crippen molar-refractivity contribution in [2.45, 2.75) is 26.1 Å². The van der Waals surface area contributed by atoms with Gasteiger partial charge >= 0.3 is 12.3 Å². The average Bonchev–Trinajstić information content (AvgIpc) is 2.27. The molecule has 0 bridgehead atoms. The van der Waals surface area contributed by atoms with E-state index >= 15 is 0 Å². The number of carboxylic acid groups (broad SMARTS) is 1. The number of rotatable bonds is 6. The summed E-state index contributed by atoms with van der Waals surface area (Å²) in [5.74, 6) is -1.51. The van der Waals surface area contributed by atoms with Gasteiger partial charge in [-0.25, -0.2) is 0 Å². The Morgan fingerprint density at radius 1 is 1.32 bits per heavy atom. The number of halogens is 3. The summed E-state index contributed by atoms with van der Waals surface area (Å²) in [6.07, 6.45) is -4.87. The summed E-state index contributed by atoms with van der Waals surface area (Å²) in [7, 11) is 0. The highest BCUT2D eigenvalue weighted by Crippen LogP contribution is 2.33. The van der Waals surface area contributed by atoms with Gasteiger partial charge in [-0.1, -0.05) is 6.07 Å². The van der Waals surface area contributed by atoms with Crippen LogP contribution in [-0.4, -0.2) is 24.0 Å². The number of aryl methyl sites for hydroxylation is 1. The lowest BCUT2D eigenvalue weighted by atomic mass is 10.1. The molecule has 0 atom stereocenters. The van der Waals surface area contributed by atoms with Crippen LogP contribution in [0, 0.1) is 0 Å². The van der Waals surface area contributed by atoms with Gasteiger partial charge in [0.15, 0.2) is 11.5 Å². The zero-order valence-corrected chi connectivity index (χ0v) is 10.2. The molecule has 0 saturated heterocycles. The predicted octanol–water partition coefficient (Wildman–Crippen LogP) is 3.00. The SMILES string of the molecule is CCOc1ccc(CCC(=O)O)cc1OC(F)(F)F. The van der Waals surface area contributed by atoms with Crippen molar-refractivity contribution in [3.63, 3.8) is 0 Å². The largest absolute Gasteiger partial charge is 0.573 e. The smallest absolute Gasteiger partial charge is 0.490 e. The van der Waals surface area contributed by atoms with Crippen LogP contribution in [0.2, 0.25) is 0 Å². The topological polar surface area (TPSA) is 55.8 Å². The van der Waals surface area contributed by atoms with Crippen molar-refractivity contribution in [2.24, 2.45) is 0 Å². The fourth-order valence-corrected chi connectivity index (χ4v) is 1.44. The Hall–Kier alpha value is -1.92. The second kappa shape index (κ2) is 6.31. The number of hydrogen-bond donors (Lipinski definition) is 1. The molecule has 0 unspecified atom stereocenters. The van der Waals surface area contributed by atoms with Crippen molar-refractivity contribution in [1.82, 2.24) is 0 Å². The Morgan fingerprint density at radius 2 is 2.00 bits per heavy atom. The Morgan fingerprint density at radius 3 is 2.53 bits per heavy atom. The van der Waals surface area contributed by atoms with Crippen molar-refractivity contribution >= 4 is 5.97 Å². The standard InChI is InChI=1S/C12H13F3O4/c1-2-18-9-5-3-8(4-6-11(16)17)7-10(9)19-12(13,14)15/h3,5,7H,2,4,6H2,1H3,(H,16,17). The molecule has 1 rings (SSSR count). The van der Waals surface area contributed by atoms with Crippen molar-refractivity contribution in [3.8, 4) is 11.5 Å². The Labute approximate surface area is 107 Å². The van der Waals surface area contributed by atoms with E-state index in [0.29, 0.717) is 5.56 Å². The zero-order valence-electron chi connectivity index (χ0n) is 10.2. The second-order valence-corrected chi connectivity index (χ2v) is 3.66. The molecule has 0 spiro atoms. The van der Waals surface area contributed by atoms with Gasteiger partial charge in [-0.3, -0.25) is 4.79 Å². The summed E-state index contributed by atoms with van der Waals surface area (Å²) in [6, 6.07) is 3.99. The number of carboxylic acids is 1. The third-order valence-corrected chi connectivity index (χ3v) is 2.16. The predicted molar refractivity (Wildman–Crippen MR) is 60.3 cm³/mol. The van der Waals surface area contributed by atoms with Crippen LogP contribution in [0.1, 0.15) is 18.9 Å². The van der Waals surface area contributed by atoms with E-state index in [-0.39, 0.29) is 25.2 Å². The minimum absolute atomic E-state index is 0.0288. The van der Waals surface area contributed by atoms with Gasteiger partial charge in [-0.15, -0.1) is 13.2 Å². The lowest BCUT2D eigenvalue weighted by molar-refractivity contribution is -0.275. The van der Waals surface area contributed by atoms with Gasteiger partial charge in [0.25, 0.3) is 0 Å². The molecule has 0 aliphatic heterocycles. The highest BCUT2D eigenvalue weighted by Gasteiger charge is 2.32. The van der Waals surface area contributed by atoms with Gasteiger partial charge < -0.3 is 14.6 Å². The van der Waals surface area contributed by atoms with E-state index < -0.39 is 18.1 Å². The highest BCUT2D eigenvalue weighted by atomic mass is 19.4. The molecule has 0 fully saturated rings. The van der Waals surface area contributed by atoms with Crippen LogP contribution < -0.4 is 9.47 Å². The molecule has 19 heavy (non-hydrogen) atoms. The van der Waals surface area contributed by atoms with E-state index in [1.54, 1.807) is 6.92 Å². The first-order chi connectivity index (χ1) is 8.81. The van der Waals surface area contributed by atoms with Gasteiger partial charge in [0.05, 0.1) is 6.61 Å². The Bertz CT molecular complexity index is 443. The molecule has 1 aromatic carbocycles. The molecule has 0 aliphatic rings. The number of alkyl halides is 3. The van der Waals surface area contributed by atoms with Crippen LogP contribution in [-0.2, 0) is 11.2 Å². The highest BCUT2D eigenvalue weighted by molar-refractivity contribution is 5.67. The number of ether oxygens (including phenoxy) is 2. The molecule has 4 nitrogen and oxygen atoms in total. The number of benzene rings is 1. The maximum atomic E-state index is 12.2. The molecule has 0 radical (unpaired) electrons. The van der Waals surface area contributed by atoms with E-state index in [2.05, 4.69) is 4.74 Å². The van der Waals surface area contributed by atoms with Gasteiger partial charge in [-0.05, 0) is 31.0 Å². The first-order valence-corrected chi connectivity index (χ1v) is 5.55. The molecule has 0 aromatic heterocycles. The van der Waals surface area contributed by atoms with E-state index in [9.17, 15) is 18.0 Å². The molecule has 0 aliphatic carbocycles. The van der Waals surface area contributed by atoms with Crippen LogP contribution in [0.25, 0.3) is 0 Å². The Kier molecular flexibility index (Phi) is 5.02. The van der Waals surface area contributed by atoms with Crippen LogP contribution in [0.3, 0.4) is 0 Å². The van der Waals surface area contributed by atoms with Crippen LogP contribution in [0.4, 0.5) is 13.2 Å². The summed E-state index contributed by atoms with van der Waals surface area (Å²) in [5.41, 5.74) is 0.435. The quantitative estimate of drug-likeness (QED) is 0.869. The van der Waals surface area contributed by atoms with Crippen molar-refractivity contribution < 1.29 is 32.5 Å². The van der Waals surface area contributed by atoms with Crippen LogP contribution in [0.5, 0.6) is 11.5 Å². The monoisotopic (exact) mass is 278 g/mol. The average molecular weight is 278 g/mol. The zero-order chi connectivity index (χ0) is 14.5. The minimum atomic E-state index is -4.82. The number of carbonyl (C=O) groups is 1. The number of aliphatic carboxylic acids is 1. The molecular formula is C12H13F3O4. The minimum Gasteiger partial charge on any atom is -0.490 e. The molecule has 106 valence electrons. The maximum absolute atomic E-state index is 12.2. The molecule has 0 amide bonds. The van der Waals surface area contributed by atoms with E-state index in [0.717, 1.165) is 6.07 Å². The van der Waals surface area contributed by atoms with Crippen LogP contribution in [0.15, 0.2) is 18.2 Å². The van der Waals surface area contributed by atoms with Crippen molar-refractivity contribution in [3.05, 3.63) is 23.8 Å². The molecule has 1 aromatic rings. The normalized spacial score (nSPS) is 11.2. The van der Waals surface area contributed by atoms with Gasteiger partial charge in [0.1, 0.15) is 0 Å². The van der Waals surface area contributed by atoms with E-state index in [4.69, 9.17) is 9.84 Å². The third-order valence-electron chi connectivity index (χ3n) is 2.16. The van der Waals surface area contributed by atoms with Crippen molar-refractivity contribution in [1.29, 1.82) is 0 Å². The number of hydrogen-bond acceptors (Lipinski definition) is 3. The van der Waals surface area contributed by atoms with Gasteiger partial charge in [0, 0.05) is 6.42 Å². The lowest BCUT2D eigenvalue weighted by Crippen LogP contribution is -2.18. The fraction of sp³-hybridized carbons (Fsp3) is 0.417. The van der Waals surface area contributed by atoms with Gasteiger partial charge in [-0.2, -0.15) is 0 Å². The van der Waals surface area contributed by atoms with Crippen molar-refractivity contribution in [2.75, 3.05) is 6.61 Å². The summed E-state index contributed by atoms with van der Waals surface area (Å²) < 4.78 is 45.6. The summed E-state index contributed by atoms with van der Waals surface area (Å²) in [4.78, 5) is 10.4. The van der Waals surface area contributed by atoms with Crippen LogP contribution >= 0.6 is 0 Å². The summed E-state index contributed by atoms with van der Waals surface area (Å²) >= 11 is 0. The molecule has 1 N–H and O–H groups in total. The molecule has 7 heteroatoms. The maximum Gasteiger partial charge on any atom is 0.573 e. The van der Waals surface area contributed by atoms with E-state index in [1.165, 1.54) is 12.1 Å². The second-order valence-electron chi connectivity index (χ2n) is 3.66. The van der Waals surface area contributed by atoms with Gasteiger partial charge in [0.2, 0.25) is 0 Å². The fourth-order valence-electron chi connectivity index (χ4n) is 1.44. The summed E-state index contributed by atoms with van der Waals surface area (Å²) in [6.45, 7) is 1.83. The molecular weight excluding hydrogens is 265 g/mol. The van der Waals surface area contributed by atoms with E-state index in [1.807, 2.05) is 0 Å². The Balaban J connectivity index is 2.93. The summed E-state index contributed by atoms with van der Waals surface area (Å²) in [5, 5.41) is 8.53.